The van der Waals surface area contributed by atoms with E-state index >= 15 is 0 Å². The van der Waals surface area contributed by atoms with Crippen LogP contribution in [0.25, 0.3) is 10.9 Å². The van der Waals surface area contributed by atoms with Crippen molar-refractivity contribution in [2.24, 2.45) is 11.3 Å². The van der Waals surface area contributed by atoms with Crippen LogP contribution in [0.3, 0.4) is 0 Å². The number of nitrogens with one attached hydrogen (secondary N) is 1. The fourth-order valence-corrected chi connectivity index (χ4v) is 4.50. The molecule has 23 heavy (non-hydrogen) atoms. The number of carbonyl (C=O) groups excluding carboxylic acids is 1. The molecule has 0 spiro atoms. The predicted molar refractivity (Wildman–Crippen MR) is 86.3 cm³/mol. The van der Waals surface area contributed by atoms with Gasteiger partial charge in [-0.15, -0.1) is 0 Å². The van der Waals surface area contributed by atoms with E-state index in [1.807, 2.05) is 31.2 Å². The third-order valence-electron chi connectivity index (χ3n) is 5.69. The fourth-order valence-electron chi connectivity index (χ4n) is 4.50. The Kier molecular flexibility index (Phi) is 3.01. The number of rotatable bonds is 2. The Morgan fingerprint density at radius 1 is 1.35 bits per heavy atom. The van der Waals surface area contributed by atoms with Crippen LogP contribution < -0.4 is 0 Å². The molecular formula is C18H20N2O3. The number of nitrogens with zero attached hydrogens (tertiary/aromatic N) is 1. The Hall–Kier alpha value is -2.30. The Morgan fingerprint density at radius 2 is 2.13 bits per heavy atom. The van der Waals surface area contributed by atoms with Crippen molar-refractivity contribution in [3.05, 3.63) is 35.5 Å². The number of carboxylic acids is 1. The largest absolute Gasteiger partial charge is 0.481 e. The lowest BCUT2D eigenvalue weighted by Gasteiger charge is -2.23. The molecule has 1 saturated carbocycles. The molecule has 5 heteroatoms. The second kappa shape index (κ2) is 4.85. The lowest BCUT2D eigenvalue weighted by Crippen LogP contribution is -2.37. The number of aryl methyl sites for hydroxylation is 1. The summed E-state index contributed by atoms with van der Waals surface area (Å²) in [4.78, 5) is 29.8. The zero-order chi connectivity index (χ0) is 16.2. The minimum absolute atomic E-state index is 0.0463. The summed E-state index contributed by atoms with van der Waals surface area (Å²) < 4.78 is 0. The normalized spacial score (nSPS) is 26.7. The van der Waals surface area contributed by atoms with Crippen molar-refractivity contribution in [3.63, 3.8) is 0 Å². The molecule has 2 aromatic rings. The van der Waals surface area contributed by atoms with Gasteiger partial charge in [-0.3, -0.25) is 9.59 Å². The average Bonchev–Trinajstić information content (AvgIpc) is 3.15. The molecule has 2 atom stereocenters. The molecule has 120 valence electrons. The van der Waals surface area contributed by atoms with Gasteiger partial charge in [-0.05, 0) is 31.7 Å². The molecule has 2 heterocycles. The van der Waals surface area contributed by atoms with Gasteiger partial charge in [0.1, 0.15) is 0 Å². The Balaban J connectivity index is 1.70. The quantitative estimate of drug-likeness (QED) is 0.895. The molecule has 0 bridgehead atoms. The molecule has 1 amide bonds. The molecule has 1 aromatic carbocycles. The van der Waals surface area contributed by atoms with Crippen LogP contribution in [0.2, 0.25) is 0 Å². The summed E-state index contributed by atoms with van der Waals surface area (Å²) in [5, 5.41) is 10.6. The van der Waals surface area contributed by atoms with Crippen molar-refractivity contribution in [2.45, 2.75) is 26.2 Å². The van der Waals surface area contributed by atoms with E-state index in [1.165, 1.54) is 0 Å². The van der Waals surface area contributed by atoms with Gasteiger partial charge in [-0.1, -0.05) is 24.6 Å². The number of aromatic amines is 1. The minimum Gasteiger partial charge on any atom is -0.481 e. The maximum atomic E-state index is 13.1. The van der Waals surface area contributed by atoms with E-state index in [-0.39, 0.29) is 11.8 Å². The number of hydrogen-bond donors (Lipinski definition) is 2. The van der Waals surface area contributed by atoms with Gasteiger partial charge >= 0.3 is 5.97 Å². The topological polar surface area (TPSA) is 73.4 Å². The monoisotopic (exact) mass is 312 g/mol. The van der Waals surface area contributed by atoms with E-state index in [0.717, 1.165) is 29.4 Å². The first kappa shape index (κ1) is 14.3. The van der Waals surface area contributed by atoms with E-state index in [9.17, 15) is 14.7 Å². The summed E-state index contributed by atoms with van der Waals surface area (Å²) in [6.07, 6.45) is 2.54. The number of H-pyrrole nitrogens is 1. The minimum atomic E-state index is -0.744. The van der Waals surface area contributed by atoms with Gasteiger partial charge < -0.3 is 15.0 Å². The molecule has 2 N–H and O–H groups in total. The van der Waals surface area contributed by atoms with Crippen LogP contribution >= 0.6 is 0 Å². The van der Waals surface area contributed by atoms with E-state index < -0.39 is 11.4 Å². The second-order valence-corrected chi connectivity index (χ2v) is 6.91. The predicted octanol–water partition coefficient (Wildman–Crippen LogP) is 2.80. The molecule has 1 aliphatic heterocycles. The average molecular weight is 312 g/mol. The Labute approximate surface area is 134 Å². The lowest BCUT2D eigenvalue weighted by atomic mass is 9.81. The highest BCUT2D eigenvalue weighted by Gasteiger charge is 2.56. The van der Waals surface area contributed by atoms with Gasteiger partial charge in [0.25, 0.3) is 5.91 Å². The van der Waals surface area contributed by atoms with Crippen LogP contribution in [0.1, 0.15) is 35.3 Å². The van der Waals surface area contributed by atoms with Crippen molar-refractivity contribution in [3.8, 4) is 0 Å². The summed E-state index contributed by atoms with van der Waals surface area (Å²) in [7, 11) is 0. The number of hydrogen-bond acceptors (Lipinski definition) is 2. The van der Waals surface area contributed by atoms with Crippen LogP contribution in [0, 0.1) is 18.3 Å². The van der Waals surface area contributed by atoms with E-state index in [1.54, 1.807) is 4.90 Å². The van der Waals surface area contributed by atoms with Crippen molar-refractivity contribution in [2.75, 3.05) is 13.1 Å². The van der Waals surface area contributed by atoms with Gasteiger partial charge in [-0.2, -0.15) is 0 Å². The Bertz CT molecular complexity index is 810. The second-order valence-electron chi connectivity index (χ2n) is 6.91. The highest BCUT2D eigenvalue weighted by atomic mass is 16.4. The fraction of sp³-hybridized carbons (Fsp3) is 0.444. The molecule has 2 fully saturated rings. The number of fused-ring (bicyclic) bond motifs is 2. The zero-order valence-electron chi connectivity index (χ0n) is 13.1. The first-order valence-electron chi connectivity index (χ1n) is 8.13. The summed E-state index contributed by atoms with van der Waals surface area (Å²) in [6.45, 7) is 2.80. The van der Waals surface area contributed by atoms with Crippen molar-refractivity contribution < 1.29 is 14.7 Å². The smallest absolute Gasteiger partial charge is 0.311 e. The molecule has 1 saturated heterocycles. The molecule has 2 aliphatic rings. The van der Waals surface area contributed by atoms with Crippen LogP contribution in [0.15, 0.2) is 24.3 Å². The molecule has 1 aliphatic carbocycles. The first-order chi connectivity index (χ1) is 11.0. The third kappa shape index (κ3) is 1.92. The highest BCUT2D eigenvalue weighted by Crippen LogP contribution is 2.49. The maximum Gasteiger partial charge on any atom is 0.311 e. The summed E-state index contributed by atoms with van der Waals surface area (Å²) >= 11 is 0. The van der Waals surface area contributed by atoms with Crippen molar-refractivity contribution >= 4 is 22.8 Å². The van der Waals surface area contributed by atoms with Gasteiger partial charge in [0.2, 0.25) is 0 Å². The Morgan fingerprint density at radius 3 is 2.87 bits per heavy atom. The van der Waals surface area contributed by atoms with Gasteiger partial charge in [0.15, 0.2) is 0 Å². The van der Waals surface area contributed by atoms with E-state index in [2.05, 4.69) is 4.98 Å². The van der Waals surface area contributed by atoms with Gasteiger partial charge in [0.05, 0.1) is 11.0 Å². The third-order valence-corrected chi connectivity index (χ3v) is 5.69. The molecule has 1 aromatic heterocycles. The van der Waals surface area contributed by atoms with Crippen molar-refractivity contribution in [1.82, 2.24) is 9.88 Å². The van der Waals surface area contributed by atoms with Crippen LogP contribution in [-0.2, 0) is 4.79 Å². The van der Waals surface area contributed by atoms with Gasteiger partial charge in [0, 0.05) is 29.7 Å². The maximum absolute atomic E-state index is 13.1. The molecule has 5 nitrogen and oxygen atoms in total. The SMILES string of the molecule is Cc1[nH]c2ccccc2c1C(=O)N1C[C@@H]2CCC[C@@]2(C(=O)O)C1. The zero-order valence-corrected chi connectivity index (χ0v) is 13.1. The van der Waals surface area contributed by atoms with Crippen molar-refractivity contribution in [1.29, 1.82) is 0 Å². The number of benzene rings is 1. The van der Waals surface area contributed by atoms with E-state index in [4.69, 9.17) is 0 Å². The number of likely N-dealkylation sites (tertiary alicyclic amines) is 1. The summed E-state index contributed by atoms with van der Waals surface area (Å²) in [5.74, 6) is -0.699. The number of aliphatic carboxylic acids is 1. The van der Waals surface area contributed by atoms with Crippen LogP contribution in [0.5, 0.6) is 0 Å². The molecule has 0 unspecified atom stereocenters. The molecule has 0 radical (unpaired) electrons. The van der Waals surface area contributed by atoms with Gasteiger partial charge in [-0.25, -0.2) is 0 Å². The van der Waals surface area contributed by atoms with Crippen LogP contribution in [-0.4, -0.2) is 40.0 Å². The number of amides is 1. The number of carboxylic acid groups (broad SMARTS) is 1. The number of para-hydroxylation sites is 1. The first-order valence-corrected chi connectivity index (χ1v) is 8.13. The summed E-state index contributed by atoms with van der Waals surface area (Å²) in [6, 6.07) is 7.75. The summed E-state index contributed by atoms with van der Waals surface area (Å²) in [5.41, 5.74) is 1.75. The number of carbonyl (C=O) groups is 2. The number of aromatic nitrogens is 1. The molecule has 4 rings (SSSR count). The lowest BCUT2D eigenvalue weighted by molar-refractivity contribution is -0.149. The van der Waals surface area contributed by atoms with E-state index in [0.29, 0.717) is 25.1 Å². The molecular weight excluding hydrogens is 292 g/mol. The van der Waals surface area contributed by atoms with Crippen LogP contribution in [0.4, 0.5) is 0 Å². The standard InChI is InChI=1S/C18H20N2O3/c1-11-15(13-6-2-3-7-14(13)19-11)16(21)20-9-12-5-4-8-18(12,10-20)17(22)23/h2-3,6-7,12,19H,4-5,8-10H2,1H3,(H,22,23)/t12-,18+/m0/s1. The highest BCUT2D eigenvalue weighted by molar-refractivity contribution is 6.08.